The van der Waals surface area contributed by atoms with Crippen molar-refractivity contribution in [2.24, 2.45) is 0 Å². The standard InChI is InChI=1S/C13H13FN2O3S/c1-2-3-11-15-12(19-16-11)7-20-8-4-5-10(14)9(6-8)13(17)18/h4-6H,2-3,7H2,1H3,(H,17,18). The Balaban J connectivity index is 2.03. The van der Waals surface area contributed by atoms with Gasteiger partial charge in [-0.25, -0.2) is 9.18 Å². The number of halogens is 1. The van der Waals surface area contributed by atoms with Crippen molar-refractivity contribution in [3.05, 3.63) is 41.3 Å². The van der Waals surface area contributed by atoms with Gasteiger partial charge in [0.05, 0.1) is 11.3 Å². The fourth-order valence-corrected chi connectivity index (χ4v) is 2.35. The molecule has 5 nitrogen and oxygen atoms in total. The van der Waals surface area contributed by atoms with E-state index in [0.29, 0.717) is 22.4 Å². The zero-order chi connectivity index (χ0) is 14.5. The minimum atomic E-state index is -1.28. The highest BCUT2D eigenvalue weighted by Gasteiger charge is 2.12. The van der Waals surface area contributed by atoms with E-state index in [1.807, 2.05) is 6.92 Å². The van der Waals surface area contributed by atoms with Crippen LogP contribution in [0.4, 0.5) is 4.39 Å². The Morgan fingerprint density at radius 1 is 1.50 bits per heavy atom. The van der Waals surface area contributed by atoms with Gasteiger partial charge in [-0.2, -0.15) is 4.98 Å². The summed E-state index contributed by atoms with van der Waals surface area (Å²) in [5, 5.41) is 12.7. The molecule has 7 heteroatoms. The molecule has 0 spiro atoms. The van der Waals surface area contributed by atoms with E-state index in [2.05, 4.69) is 10.1 Å². The number of aromatic carboxylic acids is 1. The molecule has 0 aliphatic heterocycles. The molecule has 1 aromatic heterocycles. The summed E-state index contributed by atoms with van der Waals surface area (Å²) in [6.07, 6.45) is 1.69. The molecule has 0 aliphatic rings. The number of thioether (sulfide) groups is 1. The van der Waals surface area contributed by atoms with Crippen molar-refractivity contribution in [1.29, 1.82) is 0 Å². The van der Waals surface area contributed by atoms with Crippen molar-refractivity contribution < 1.29 is 18.8 Å². The highest BCUT2D eigenvalue weighted by atomic mass is 32.2. The van der Waals surface area contributed by atoms with E-state index in [-0.39, 0.29) is 5.56 Å². The van der Waals surface area contributed by atoms with Crippen LogP contribution in [0.1, 0.15) is 35.4 Å². The summed E-state index contributed by atoms with van der Waals surface area (Å²) in [7, 11) is 0. The summed E-state index contributed by atoms with van der Waals surface area (Å²) in [6.45, 7) is 2.02. The molecule has 0 radical (unpaired) electrons. The van der Waals surface area contributed by atoms with Crippen LogP contribution < -0.4 is 0 Å². The summed E-state index contributed by atoms with van der Waals surface area (Å²) < 4.78 is 18.3. The zero-order valence-corrected chi connectivity index (χ0v) is 11.6. The van der Waals surface area contributed by atoms with E-state index in [4.69, 9.17) is 9.63 Å². The Bertz CT molecular complexity index is 615. The molecule has 0 fully saturated rings. The van der Waals surface area contributed by atoms with Crippen molar-refractivity contribution in [3.8, 4) is 0 Å². The molecule has 1 heterocycles. The van der Waals surface area contributed by atoms with E-state index in [1.54, 1.807) is 0 Å². The number of rotatable bonds is 6. The van der Waals surface area contributed by atoms with Crippen molar-refractivity contribution >= 4 is 17.7 Å². The topological polar surface area (TPSA) is 76.2 Å². The summed E-state index contributed by atoms with van der Waals surface area (Å²) in [5.74, 6) is -0.479. The molecule has 20 heavy (non-hydrogen) atoms. The third kappa shape index (κ3) is 3.57. The minimum absolute atomic E-state index is 0.341. The number of benzene rings is 1. The number of aryl methyl sites for hydroxylation is 1. The van der Waals surface area contributed by atoms with Crippen LogP contribution in [-0.2, 0) is 12.2 Å². The summed E-state index contributed by atoms with van der Waals surface area (Å²) >= 11 is 1.32. The van der Waals surface area contributed by atoms with Crippen LogP contribution in [0.3, 0.4) is 0 Å². The van der Waals surface area contributed by atoms with Crippen molar-refractivity contribution in [1.82, 2.24) is 10.1 Å². The van der Waals surface area contributed by atoms with Gasteiger partial charge in [0, 0.05) is 11.3 Å². The molecule has 2 rings (SSSR count). The first-order chi connectivity index (χ1) is 9.60. The first-order valence-corrected chi connectivity index (χ1v) is 7.05. The zero-order valence-electron chi connectivity index (χ0n) is 10.8. The van der Waals surface area contributed by atoms with Gasteiger partial charge >= 0.3 is 5.97 Å². The maximum Gasteiger partial charge on any atom is 0.338 e. The Kier molecular flexibility index (Phi) is 4.73. The number of aromatic nitrogens is 2. The van der Waals surface area contributed by atoms with E-state index in [9.17, 15) is 9.18 Å². The average molecular weight is 296 g/mol. The van der Waals surface area contributed by atoms with Crippen molar-refractivity contribution in [2.75, 3.05) is 0 Å². The second kappa shape index (κ2) is 6.51. The molecular weight excluding hydrogens is 283 g/mol. The highest BCUT2D eigenvalue weighted by molar-refractivity contribution is 7.98. The number of hydrogen-bond acceptors (Lipinski definition) is 5. The van der Waals surface area contributed by atoms with Crippen LogP contribution in [0, 0.1) is 5.82 Å². The van der Waals surface area contributed by atoms with Gasteiger partial charge in [0.25, 0.3) is 0 Å². The van der Waals surface area contributed by atoms with Crippen LogP contribution in [0.5, 0.6) is 0 Å². The van der Waals surface area contributed by atoms with Crippen LogP contribution in [0.2, 0.25) is 0 Å². The van der Waals surface area contributed by atoms with E-state index in [0.717, 1.165) is 18.9 Å². The Labute approximate surface area is 119 Å². The molecule has 106 valence electrons. The molecule has 0 saturated carbocycles. The lowest BCUT2D eigenvalue weighted by molar-refractivity contribution is 0.0691. The number of nitrogens with zero attached hydrogens (tertiary/aromatic N) is 2. The first kappa shape index (κ1) is 14.5. The second-order valence-electron chi connectivity index (χ2n) is 4.09. The van der Waals surface area contributed by atoms with Crippen molar-refractivity contribution in [3.63, 3.8) is 0 Å². The number of hydrogen-bond donors (Lipinski definition) is 1. The Morgan fingerprint density at radius 2 is 2.30 bits per heavy atom. The number of carboxylic acids is 1. The lowest BCUT2D eigenvalue weighted by Crippen LogP contribution is -2.00. The SMILES string of the molecule is CCCc1noc(CSc2ccc(F)c(C(=O)O)c2)n1. The third-order valence-electron chi connectivity index (χ3n) is 2.51. The average Bonchev–Trinajstić information content (AvgIpc) is 2.86. The predicted molar refractivity (Wildman–Crippen MR) is 71.2 cm³/mol. The normalized spacial score (nSPS) is 10.7. The largest absolute Gasteiger partial charge is 0.478 e. The predicted octanol–water partition coefficient (Wildman–Crippen LogP) is 3.15. The van der Waals surface area contributed by atoms with Gasteiger partial charge in [-0.15, -0.1) is 11.8 Å². The molecule has 1 N–H and O–H groups in total. The molecule has 0 aliphatic carbocycles. The summed E-state index contributed by atoms with van der Waals surface area (Å²) in [4.78, 5) is 15.7. The molecule has 1 aromatic carbocycles. The Hall–Kier alpha value is -1.89. The van der Waals surface area contributed by atoms with Gasteiger partial charge in [-0.1, -0.05) is 12.1 Å². The second-order valence-corrected chi connectivity index (χ2v) is 5.14. The van der Waals surface area contributed by atoms with Gasteiger partial charge in [-0.05, 0) is 24.6 Å². The molecule has 2 aromatic rings. The quantitative estimate of drug-likeness (QED) is 0.825. The summed E-state index contributed by atoms with van der Waals surface area (Å²) in [5.41, 5.74) is -0.341. The molecule has 0 amide bonds. The van der Waals surface area contributed by atoms with Gasteiger partial charge < -0.3 is 9.63 Å². The van der Waals surface area contributed by atoms with Gasteiger partial charge in [0.1, 0.15) is 5.82 Å². The maximum atomic E-state index is 13.2. The molecule has 0 saturated heterocycles. The van der Waals surface area contributed by atoms with E-state index < -0.39 is 11.8 Å². The number of carbonyl (C=O) groups is 1. The third-order valence-corrected chi connectivity index (χ3v) is 3.49. The Morgan fingerprint density at radius 3 is 3.00 bits per heavy atom. The lowest BCUT2D eigenvalue weighted by Gasteiger charge is -2.01. The lowest BCUT2D eigenvalue weighted by atomic mass is 10.2. The molecule has 0 bridgehead atoms. The highest BCUT2D eigenvalue weighted by Crippen LogP contribution is 2.24. The van der Waals surface area contributed by atoms with Gasteiger partial charge in [0.2, 0.25) is 5.89 Å². The minimum Gasteiger partial charge on any atom is -0.478 e. The number of carboxylic acid groups (broad SMARTS) is 1. The monoisotopic (exact) mass is 296 g/mol. The fourth-order valence-electron chi connectivity index (χ4n) is 1.58. The fraction of sp³-hybridized carbons (Fsp3) is 0.308. The first-order valence-electron chi connectivity index (χ1n) is 6.07. The van der Waals surface area contributed by atoms with E-state index >= 15 is 0 Å². The van der Waals surface area contributed by atoms with Crippen LogP contribution in [0.15, 0.2) is 27.6 Å². The van der Waals surface area contributed by atoms with Crippen LogP contribution >= 0.6 is 11.8 Å². The van der Waals surface area contributed by atoms with Gasteiger partial charge in [-0.3, -0.25) is 0 Å². The summed E-state index contributed by atoms with van der Waals surface area (Å²) in [6, 6.07) is 3.96. The maximum absolute atomic E-state index is 13.2. The smallest absolute Gasteiger partial charge is 0.338 e. The van der Waals surface area contributed by atoms with E-state index in [1.165, 1.54) is 23.9 Å². The molecule has 0 atom stereocenters. The van der Waals surface area contributed by atoms with Crippen LogP contribution in [-0.4, -0.2) is 21.2 Å². The van der Waals surface area contributed by atoms with Gasteiger partial charge in [0.15, 0.2) is 5.82 Å². The molecule has 0 unspecified atom stereocenters. The van der Waals surface area contributed by atoms with Crippen LogP contribution in [0.25, 0.3) is 0 Å². The van der Waals surface area contributed by atoms with Crippen molar-refractivity contribution in [2.45, 2.75) is 30.4 Å². The molecular formula is C13H13FN2O3S.